The smallest absolute Gasteiger partial charge is 0.387 e. The minimum absolute atomic E-state index is 0.00713. The quantitative estimate of drug-likeness (QED) is 0.601. The van der Waals surface area contributed by atoms with Crippen molar-refractivity contribution < 1.29 is 23.2 Å². The van der Waals surface area contributed by atoms with Gasteiger partial charge in [-0.15, -0.1) is 0 Å². The van der Waals surface area contributed by atoms with Crippen LogP contribution >= 0.6 is 0 Å². The molecule has 110 valence electrons. The van der Waals surface area contributed by atoms with E-state index in [2.05, 4.69) is 14.7 Å². The fourth-order valence-electron chi connectivity index (χ4n) is 1.47. The highest BCUT2D eigenvalue weighted by molar-refractivity contribution is 5.37. The molecule has 2 aromatic rings. The number of hydrogen-bond acceptors (Lipinski definition) is 6. The van der Waals surface area contributed by atoms with E-state index in [0.29, 0.717) is 5.56 Å². The van der Waals surface area contributed by atoms with Crippen molar-refractivity contribution in [3.8, 4) is 11.6 Å². The maximum atomic E-state index is 12.0. The highest BCUT2D eigenvalue weighted by atomic mass is 19.3. The largest absolute Gasteiger partial charge is 0.468 e. The molecule has 0 unspecified atom stereocenters. The lowest BCUT2D eigenvalue weighted by atomic mass is 10.2. The Bertz CT molecular complexity index is 622. The van der Waals surface area contributed by atoms with E-state index in [1.54, 1.807) is 0 Å². The third kappa shape index (κ3) is 4.06. The van der Waals surface area contributed by atoms with Crippen LogP contribution in [0.1, 0.15) is 5.56 Å². The second kappa shape index (κ2) is 6.55. The number of halogens is 2. The van der Waals surface area contributed by atoms with Gasteiger partial charge >= 0.3 is 12.3 Å². The normalized spacial score (nSPS) is 10.4. The molecule has 1 aromatic heterocycles. The van der Waals surface area contributed by atoms with E-state index in [1.165, 1.54) is 24.3 Å². The summed E-state index contributed by atoms with van der Waals surface area (Å²) in [6.07, 6.45) is 2.16. The van der Waals surface area contributed by atoms with Gasteiger partial charge in [0.2, 0.25) is 0 Å². The van der Waals surface area contributed by atoms with Gasteiger partial charge in [0.05, 0.1) is 4.92 Å². The molecular weight excluding hydrogens is 288 g/mol. The van der Waals surface area contributed by atoms with Crippen molar-refractivity contribution in [2.45, 2.75) is 13.2 Å². The molecule has 0 aliphatic heterocycles. The Labute approximate surface area is 117 Å². The molecular formula is C12H9F2N3O4. The summed E-state index contributed by atoms with van der Waals surface area (Å²) in [5.41, 5.74) is 0.264. The maximum absolute atomic E-state index is 12.0. The number of alkyl halides is 2. The number of aromatic nitrogens is 2. The molecule has 1 heterocycles. The van der Waals surface area contributed by atoms with Crippen LogP contribution in [0.4, 0.5) is 14.5 Å². The second-order valence-electron chi connectivity index (χ2n) is 3.78. The number of rotatable bonds is 6. The number of hydrogen-bond donors (Lipinski definition) is 0. The lowest BCUT2D eigenvalue weighted by molar-refractivity contribution is -0.386. The van der Waals surface area contributed by atoms with E-state index in [1.807, 2.05) is 0 Å². The minimum atomic E-state index is -2.89. The van der Waals surface area contributed by atoms with Gasteiger partial charge in [-0.05, 0) is 17.7 Å². The molecule has 0 aliphatic carbocycles. The SMILES string of the molecule is O=[N+]([O-])c1cncnc1OCc1ccc(OC(F)F)cc1. The van der Waals surface area contributed by atoms with E-state index >= 15 is 0 Å². The van der Waals surface area contributed by atoms with Gasteiger partial charge in [0.25, 0.3) is 5.88 Å². The average Bonchev–Trinajstić information content (AvgIpc) is 2.46. The first-order valence-corrected chi connectivity index (χ1v) is 5.67. The van der Waals surface area contributed by atoms with Crippen LogP contribution in [-0.2, 0) is 6.61 Å². The highest BCUT2D eigenvalue weighted by Gasteiger charge is 2.16. The van der Waals surface area contributed by atoms with E-state index in [-0.39, 0.29) is 23.9 Å². The molecule has 0 amide bonds. The molecule has 0 aliphatic rings. The van der Waals surface area contributed by atoms with Gasteiger partial charge < -0.3 is 9.47 Å². The molecule has 0 spiro atoms. The summed E-state index contributed by atoms with van der Waals surface area (Å²) in [5.74, 6) is -0.148. The van der Waals surface area contributed by atoms with Crippen LogP contribution in [0.3, 0.4) is 0 Å². The summed E-state index contributed by atoms with van der Waals surface area (Å²) in [4.78, 5) is 17.3. The molecule has 0 saturated heterocycles. The Morgan fingerprint density at radius 2 is 2.00 bits per heavy atom. The molecule has 7 nitrogen and oxygen atoms in total. The van der Waals surface area contributed by atoms with Gasteiger partial charge in [-0.1, -0.05) is 12.1 Å². The Morgan fingerprint density at radius 3 is 2.62 bits per heavy atom. The van der Waals surface area contributed by atoms with E-state index in [9.17, 15) is 18.9 Å². The third-order valence-electron chi connectivity index (χ3n) is 2.38. The number of ether oxygens (including phenoxy) is 2. The molecule has 0 fully saturated rings. The van der Waals surface area contributed by atoms with Crippen LogP contribution in [0.15, 0.2) is 36.8 Å². The van der Waals surface area contributed by atoms with Gasteiger partial charge in [0.15, 0.2) is 0 Å². The van der Waals surface area contributed by atoms with Crippen LogP contribution in [0.5, 0.6) is 11.6 Å². The molecule has 0 bridgehead atoms. The van der Waals surface area contributed by atoms with Crippen molar-refractivity contribution in [1.29, 1.82) is 0 Å². The van der Waals surface area contributed by atoms with Crippen LogP contribution in [-0.4, -0.2) is 21.5 Å². The minimum Gasteiger partial charge on any atom is -0.468 e. The standard InChI is InChI=1S/C12H9F2N3O4/c13-12(14)21-9-3-1-8(2-4-9)6-20-11-10(17(18)19)5-15-7-16-11/h1-5,7,12H,6H2. The van der Waals surface area contributed by atoms with Crippen molar-refractivity contribution >= 4 is 5.69 Å². The van der Waals surface area contributed by atoms with E-state index in [4.69, 9.17) is 4.74 Å². The Kier molecular flexibility index (Phi) is 4.54. The number of nitrogens with zero attached hydrogens (tertiary/aromatic N) is 3. The zero-order valence-corrected chi connectivity index (χ0v) is 10.5. The summed E-state index contributed by atoms with van der Waals surface area (Å²) < 4.78 is 33.4. The lowest BCUT2D eigenvalue weighted by Gasteiger charge is -2.07. The Hall–Kier alpha value is -2.84. The summed E-state index contributed by atoms with van der Waals surface area (Å²) >= 11 is 0. The van der Waals surface area contributed by atoms with Crippen molar-refractivity contribution in [2.75, 3.05) is 0 Å². The summed E-state index contributed by atoms with van der Waals surface area (Å²) in [6.45, 7) is -2.90. The molecule has 1 aromatic carbocycles. The first-order valence-electron chi connectivity index (χ1n) is 5.67. The van der Waals surface area contributed by atoms with Crippen LogP contribution in [0, 0.1) is 10.1 Å². The summed E-state index contributed by atoms with van der Waals surface area (Å²) in [7, 11) is 0. The molecule has 0 atom stereocenters. The number of nitro groups is 1. The fraction of sp³-hybridized carbons (Fsp3) is 0.167. The Morgan fingerprint density at radius 1 is 1.29 bits per heavy atom. The number of benzene rings is 1. The zero-order valence-electron chi connectivity index (χ0n) is 10.5. The Balaban J connectivity index is 2.02. The highest BCUT2D eigenvalue weighted by Crippen LogP contribution is 2.23. The van der Waals surface area contributed by atoms with Crippen LogP contribution in [0.2, 0.25) is 0 Å². The topological polar surface area (TPSA) is 87.4 Å². The van der Waals surface area contributed by atoms with Gasteiger partial charge in [-0.2, -0.15) is 13.8 Å². The van der Waals surface area contributed by atoms with Crippen LogP contribution in [0.25, 0.3) is 0 Å². The maximum Gasteiger partial charge on any atom is 0.387 e. The first kappa shape index (κ1) is 14.6. The average molecular weight is 297 g/mol. The lowest BCUT2D eigenvalue weighted by Crippen LogP contribution is -2.03. The van der Waals surface area contributed by atoms with E-state index in [0.717, 1.165) is 12.5 Å². The fourth-order valence-corrected chi connectivity index (χ4v) is 1.47. The summed E-state index contributed by atoms with van der Waals surface area (Å²) in [5, 5.41) is 10.7. The van der Waals surface area contributed by atoms with Crippen LogP contribution < -0.4 is 9.47 Å². The van der Waals surface area contributed by atoms with Crippen molar-refractivity contribution in [2.24, 2.45) is 0 Å². The van der Waals surface area contributed by atoms with Crippen molar-refractivity contribution in [1.82, 2.24) is 9.97 Å². The van der Waals surface area contributed by atoms with E-state index < -0.39 is 11.5 Å². The zero-order chi connectivity index (χ0) is 15.2. The predicted molar refractivity (Wildman–Crippen MR) is 66.1 cm³/mol. The molecule has 0 N–H and O–H groups in total. The first-order chi connectivity index (χ1) is 10.1. The molecule has 0 saturated carbocycles. The second-order valence-corrected chi connectivity index (χ2v) is 3.78. The van der Waals surface area contributed by atoms with Crippen molar-refractivity contribution in [3.05, 3.63) is 52.5 Å². The molecule has 0 radical (unpaired) electrons. The molecule has 2 rings (SSSR count). The molecule has 21 heavy (non-hydrogen) atoms. The van der Waals surface area contributed by atoms with Gasteiger partial charge in [0, 0.05) is 0 Å². The predicted octanol–water partition coefficient (Wildman–Crippen LogP) is 2.57. The third-order valence-corrected chi connectivity index (χ3v) is 2.38. The van der Waals surface area contributed by atoms with Gasteiger partial charge in [-0.25, -0.2) is 4.98 Å². The molecule has 9 heteroatoms. The van der Waals surface area contributed by atoms with Gasteiger partial charge in [-0.3, -0.25) is 10.1 Å². The monoisotopic (exact) mass is 297 g/mol. The summed E-state index contributed by atoms with van der Waals surface area (Å²) in [6, 6.07) is 5.70. The van der Waals surface area contributed by atoms with Gasteiger partial charge in [0.1, 0.15) is 24.9 Å². The van der Waals surface area contributed by atoms with Crippen molar-refractivity contribution in [3.63, 3.8) is 0 Å².